The Bertz CT molecular complexity index is 1730. The molecule has 2 amide bonds. The van der Waals surface area contributed by atoms with Gasteiger partial charge >= 0.3 is 6.09 Å². The Balaban J connectivity index is 1.59. The second kappa shape index (κ2) is 12.3. The first-order valence-electron chi connectivity index (χ1n) is 16.3. The van der Waals surface area contributed by atoms with E-state index in [1.54, 1.807) is 52.0 Å². The SMILES string of the molecule is CC[C@@H]1[C@@H]2CN3C[C@@]4(CCCc5cc(Cl)c2cc54)COc2ccc(cc23)S(=O)(=O)NC(=O)C(C)(C)N(C)C/C=C/[C@H]1OC(=O)N(C)C. The summed E-state index contributed by atoms with van der Waals surface area (Å²) in [6, 6.07) is 9.21. The number of nitrogens with zero attached hydrogens (tertiary/aromatic N) is 3. The highest BCUT2D eigenvalue weighted by molar-refractivity contribution is 7.90. The average Bonchev–Trinajstić information content (AvgIpc) is 3.16. The third-order valence-corrected chi connectivity index (χ3v) is 12.4. The summed E-state index contributed by atoms with van der Waals surface area (Å²) in [5.74, 6) is -0.433. The average molecular weight is 685 g/mol. The number of hydrogen-bond donors (Lipinski definition) is 1. The van der Waals surface area contributed by atoms with Crippen LogP contribution in [0, 0.1) is 5.92 Å². The number of carbonyl (C=O) groups is 2. The molecule has 3 heterocycles. The van der Waals surface area contributed by atoms with Gasteiger partial charge in [0.25, 0.3) is 15.9 Å². The molecule has 1 N–H and O–H groups in total. The molecule has 2 aromatic carbocycles. The fourth-order valence-electron chi connectivity index (χ4n) is 7.59. The van der Waals surface area contributed by atoms with Crippen molar-refractivity contribution in [3.05, 3.63) is 64.2 Å². The lowest BCUT2D eigenvalue weighted by Gasteiger charge is -2.45. The Morgan fingerprint density at radius 2 is 1.98 bits per heavy atom. The van der Waals surface area contributed by atoms with Crippen LogP contribution in [0.4, 0.5) is 10.5 Å². The molecule has 0 aromatic heterocycles. The quantitative estimate of drug-likeness (QED) is 0.436. The molecule has 3 aliphatic heterocycles. The molecule has 12 heteroatoms. The van der Waals surface area contributed by atoms with E-state index in [0.29, 0.717) is 49.1 Å². The number of amides is 2. The van der Waals surface area contributed by atoms with Gasteiger partial charge in [0.15, 0.2) is 0 Å². The van der Waals surface area contributed by atoms with Crippen molar-refractivity contribution < 1.29 is 27.5 Å². The molecule has 1 spiro atoms. The molecule has 4 atom stereocenters. The summed E-state index contributed by atoms with van der Waals surface area (Å²) < 4.78 is 42.5. The lowest BCUT2D eigenvalue weighted by molar-refractivity contribution is -0.128. The van der Waals surface area contributed by atoms with E-state index in [2.05, 4.69) is 28.7 Å². The lowest BCUT2D eigenvalue weighted by Crippen LogP contribution is -2.54. The number of hydrogen-bond acceptors (Lipinski definition) is 8. The minimum Gasteiger partial charge on any atom is -0.490 e. The van der Waals surface area contributed by atoms with Gasteiger partial charge in [-0.2, -0.15) is 0 Å². The van der Waals surface area contributed by atoms with Crippen LogP contribution in [0.15, 0.2) is 47.4 Å². The van der Waals surface area contributed by atoms with Crippen LogP contribution in [-0.4, -0.2) is 89.2 Å². The Morgan fingerprint density at radius 3 is 2.70 bits per heavy atom. The van der Waals surface area contributed by atoms with Crippen LogP contribution in [0.3, 0.4) is 0 Å². The third-order valence-electron chi connectivity index (χ3n) is 10.7. The fourth-order valence-corrected chi connectivity index (χ4v) is 9.04. The maximum absolute atomic E-state index is 13.7. The van der Waals surface area contributed by atoms with Gasteiger partial charge in [-0.15, -0.1) is 0 Å². The van der Waals surface area contributed by atoms with Crippen molar-refractivity contribution in [1.29, 1.82) is 0 Å². The van der Waals surface area contributed by atoms with Gasteiger partial charge in [0.2, 0.25) is 0 Å². The number of anilines is 1. The van der Waals surface area contributed by atoms with Gasteiger partial charge in [-0.05, 0) is 93.6 Å². The number of fused-ring (bicyclic) bond motifs is 4. The van der Waals surface area contributed by atoms with Gasteiger partial charge in [0.05, 0.1) is 22.7 Å². The summed E-state index contributed by atoms with van der Waals surface area (Å²) in [5.41, 5.74) is 2.56. The van der Waals surface area contributed by atoms with Gasteiger partial charge in [-0.3, -0.25) is 9.69 Å². The minimum absolute atomic E-state index is 0.0149. The van der Waals surface area contributed by atoms with Crippen LogP contribution < -0.4 is 14.4 Å². The monoisotopic (exact) mass is 684 g/mol. The highest BCUT2D eigenvalue weighted by Gasteiger charge is 2.46. The second-order valence-electron chi connectivity index (χ2n) is 14.2. The molecule has 0 saturated heterocycles. The number of rotatable bonds is 2. The summed E-state index contributed by atoms with van der Waals surface area (Å²) in [6.07, 6.45) is 6.22. The van der Waals surface area contributed by atoms with Gasteiger partial charge in [-0.1, -0.05) is 30.7 Å². The highest BCUT2D eigenvalue weighted by atomic mass is 35.5. The standard InChI is InChI=1S/C35H45ClN4O6S/c1-7-24-26-19-40-20-35(14-8-10-22-16-28(36)25(26)18-27(22)35)21-45-31-13-12-23(17-29(31)40)47(43,44)37-32(41)34(2,3)39(6)15-9-11-30(24)46-33(42)38(4)5/h9,11-13,16-18,24,26,30H,7-8,10,14-15,19-21H2,1-6H3,(H,37,41)/b11-9+/t24-,26+,30-,35+/m1/s1. The lowest BCUT2D eigenvalue weighted by atomic mass is 9.67. The number of sulfonamides is 1. The number of aryl methyl sites for hydroxylation is 1. The van der Waals surface area contributed by atoms with Crippen molar-refractivity contribution in [3.8, 4) is 5.75 Å². The molecule has 0 fully saturated rings. The van der Waals surface area contributed by atoms with Crippen molar-refractivity contribution in [1.82, 2.24) is 14.5 Å². The summed E-state index contributed by atoms with van der Waals surface area (Å²) >= 11 is 7.16. The van der Waals surface area contributed by atoms with E-state index in [-0.39, 0.29) is 22.1 Å². The maximum Gasteiger partial charge on any atom is 0.409 e. The Hall–Kier alpha value is -3.28. The predicted octanol–water partition coefficient (Wildman–Crippen LogP) is 5.09. The Labute approximate surface area is 283 Å². The van der Waals surface area contributed by atoms with Gasteiger partial charge in [0, 0.05) is 56.0 Å². The summed E-state index contributed by atoms with van der Waals surface area (Å²) in [5, 5.41) is 0.682. The third kappa shape index (κ3) is 5.99. The van der Waals surface area contributed by atoms with E-state index in [1.807, 2.05) is 12.2 Å². The summed E-state index contributed by atoms with van der Waals surface area (Å²) in [4.78, 5) is 32.0. The number of halogens is 1. The van der Waals surface area contributed by atoms with Crippen LogP contribution in [0.25, 0.3) is 0 Å². The Kier molecular flexibility index (Phi) is 8.80. The first-order chi connectivity index (χ1) is 22.2. The van der Waals surface area contributed by atoms with Gasteiger partial charge in [-0.25, -0.2) is 17.9 Å². The van der Waals surface area contributed by atoms with Crippen molar-refractivity contribution in [3.63, 3.8) is 0 Å². The van der Waals surface area contributed by atoms with E-state index in [4.69, 9.17) is 21.1 Å². The highest BCUT2D eigenvalue weighted by Crippen LogP contribution is 2.50. The normalized spacial score (nSPS) is 28.7. The summed E-state index contributed by atoms with van der Waals surface area (Å²) in [7, 11) is 0.860. The molecule has 6 rings (SSSR count). The summed E-state index contributed by atoms with van der Waals surface area (Å²) in [6.45, 7) is 7.30. The van der Waals surface area contributed by atoms with Crippen LogP contribution in [0.1, 0.15) is 62.6 Å². The van der Waals surface area contributed by atoms with E-state index in [1.165, 1.54) is 22.1 Å². The van der Waals surface area contributed by atoms with Crippen LogP contribution in [-0.2, 0) is 31.4 Å². The molecule has 0 saturated carbocycles. The molecule has 254 valence electrons. The van der Waals surface area contributed by atoms with Gasteiger partial charge in [0.1, 0.15) is 11.9 Å². The number of carbonyl (C=O) groups excluding carboxylic acids is 2. The number of nitrogens with one attached hydrogen (secondary N) is 1. The number of likely N-dealkylation sites (N-methyl/N-ethyl adjacent to an activating group) is 1. The van der Waals surface area contributed by atoms with E-state index < -0.39 is 33.7 Å². The zero-order valence-electron chi connectivity index (χ0n) is 28.0. The fraction of sp³-hybridized carbons (Fsp3) is 0.543. The first-order valence-corrected chi connectivity index (χ1v) is 18.2. The molecule has 47 heavy (non-hydrogen) atoms. The maximum atomic E-state index is 13.7. The van der Waals surface area contributed by atoms with Crippen molar-refractivity contribution >= 4 is 39.3 Å². The molecule has 0 unspecified atom stereocenters. The van der Waals surface area contributed by atoms with E-state index in [9.17, 15) is 18.0 Å². The van der Waals surface area contributed by atoms with Crippen molar-refractivity contribution in [2.75, 3.05) is 52.3 Å². The largest absolute Gasteiger partial charge is 0.490 e. The molecule has 4 aliphatic rings. The van der Waals surface area contributed by atoms with Gasteiger partial charge < -0.3 is 19.3 Å². The van der Waals surface area contributed by atoms with Crippen LogP contribution in [0.2, 0.25) is 5.02 Å². The van der Waals surface area contributed by atoms with Crippen LogP contribution >= 0.6 is 11.6 Å². The smallest absolute Gasteiger partial charge is 0.409 e. The topological polar surface area (TPSA) is 108 Å². The Morgan fingerprint density at radius 1 is 1.21 bits per heavy atom. The number of benzene rings is 2. The van der Waals surface area contributed by atoms with Crippen LogP contribution in [0.5, 0.6) is 5.75 Å². The molecule has 0 radical (unpaired) electrons. The zero-order valence-corrected chi connectivity index (χ0v) is 29.6. The first kappa shape index (κ1) is 33.6. The van der Waals surface area contributed by atoms with E-state index >= 15 is 0 Å². The second-order valence-corrected chi connectivity index (χ2v) is 16.3. The molecule has 7 bridgehead atoms. The predicted molar refractivity (Wildman–Crippen MR) is 182 cm³/mol. The molecule has 2 aromatic rings. The minimum atomic E-state index is -4.21. The zero-order chi connectivity index (χ0) is 33.9. The van der Waals surface area contributed by atoms with Crippen molar-refractivity contribution in [2.24, 2.45) is 5.92 Å². The molecular weight excluding hydrogens is 640 g/mol. The molecule has 1 aliphatic carbocycles. The molecular formula is C35H45ClN4O6S. The van der Waals surface area contributed by atoms with Crippen molar-refractivity contribution in [2.45, 2.75) is 74.3 Å². The van der Waals surface area contributed by atoms with E-state index in [0.717, 1.165) is 24.8 Å². The molecule has 10 nitrogen and oxygen atoms in total. The number of ether oxygens (including phenoxy) is 2.